The van der Waals surface area contributed by atoms with Crippen molar-refractivity contribution in [1.82, 2.24) is 34.8 Å². The highest BCUT2D eigenvalue weighted by molar-refractivity contribution is 5.75. The van der Waals surface area contributed by atoms with Crippen LogP contribution in [-0.2, 0) is 0 Å². The number of hydrogen-bond acceptors (Lipinski definition) is 4. The van der Waals surface area contributed by atoms with Crippen molar-refractivity contribution in [3.8, 4) is 0 Å². The fourth-order valence-corrected chi connectivity index (χ4v) is 3.95. The van der Waals surface area contributed by atoms with Gasteiger partial charge in [0.05, 0.1) is 11.7 Å². The Balaban J connectivity index is 1.70. The van der Waals surface area contributed by atoms with E-state index in [1.165, 1.54) is 0 Å². The Labute approximate surface area is 145 Å². The summed E-state index contributed by atoms with van der Waals surface area (Å²) in [6, 6.07) is 2.13. The number of aromatic amines is 1. The normalized spacial score (nSPS) is 23.4. The number of hydrogen-bond donors (Lipinski definition) is 2. The van der Waals surface area contributed by atoms with E-state index in [4.69, 9.17) is 0 Å². The summed E-state index contributed by atoms with van der Waals surface area (Å²) in [5.41, 5.74) is 2.59. The van der Waals surface area contributed by atoms with Gasteiger partial charge in [-0.2, -0.15) is 0 Å². The fourth-order valence-electron chi connectivity index (χ4n) is 3.95. The third kappa shape index (κ3) is 2.61. The van der Waals surface area contributed by atoms with Crippen molar-refractivity contribution in [2.24, 2.45) is 5.92 Å². The lowest BCUT2D eigenvalue weighted by Gasteiger charge is -2.17. The van der Waals surface area contributed by atoms with Crippen molar-refractivity contribution in [3.05, 3.63) is 24.3 Å². The van der Waals surface area contributed by atoms with Crippen LogP contribution in [0.15, 0.2) is 18.5 Å². The molecule has 1 aliphatic carbocycles. The van der Waals surface area contributed by atoms with Gasteiger partial charge in [-0.25, -0.2) is 9.78 Å². The number of fused-ring (bicyclic) bond motifs is 3. The SMILES string of the molecule is CC[C@@H]1C[C@H](NC(=O)N(C)C)C[C@@H]1c1nnc2cnc3[nH]ccc3n12. The Kier molecular flexibility index (Phi) is 3.82. The van der Waals surface area contributed by atoms with Crippen molar-refractivity contribution in [3.63, 3.8) is 0 Å². The highest BCUT2D eigenvalue weighted by Crippen LogP contribution is 2.41. The van der Waals surface area contributed by atoms with E-state index >= 15 is 0 Å². The summed E-state index contributed by atoms with van der Waals surface area (Å²) in [6.45, 7) is 2.20. The van der Waals surface area contributed by atoms with E-state index in [9.17, 15) is 4.79 Å². The summed E-state index contributed by atoms with van der Waals surface area (Å²) in [5, 5.41) is 11.9. The molecule has 1 aliphatic rings. The van der Waals surface area contributed by atoms with Gasteiger partial charge >= 0.3 is 6.03 Å². The summed E-state index contributed by atoms with van der Waals surface area (Å²) >= 11 is 0. The van der Waals surface area contributed by atoms with Crippen LogP contribution in [0.2, 0.25) is 0 Å². The maximum absolute atomic E-state index is 12.0. The van der Waals surface area contributed by atoms with Crippen LogP contribution in [0.1, 0.15) is 37.9 Å². The summed E-state index contributed by atoms with van der Waals surface area (Å²) < 4.78 is 2.10. The second-order valence-corrected chi connectivity index (χ2v) is 7.01. The third-order valence-electron chi connectivity index (χ3n) is 5.25. The minimum Gasteiger partial charge on any atom is -0.345 e. The molecule has 4 rings (SSSR count). The Morgan fingerprint density at radius 1 is 1.40 bits per heavy atom. The molecule has 1 saturated carbocycles. The Hall–Kier alpha value is -2.64. The average molecular weight is 341 g/mol. The van der Waals surface area contributed by atoms with Crippen LogP contribution in [0.25, 0.3) is 16.8 Å². The molecule has 0 radical (unpaired) electrons. The van der Waals surface area contributed by atoms with E-state index in [2.05, 4.69) is 36.8 Å². The van der Waals surface area contributed by atoms with Crippen molar-refractivity contribution < 1.29 is 4.79 Å². The van der Waals surface area contributed by atoms with Gasteiger partial charge in [-0.3, -0.25) is 4.40 Å². The van der Waals surface area contributed by atoms with Crippen LogP contribution in [0.4, 0.5) is 4.79 Å². The Bertz CT molecular complexity index is 912. The largest absolute Gasteiger partial charge is 0.345 e. The summed E-state index contributed by atoms with van der Waals surface area (Å²) in [7, 11) is 3.53. The zero-order chi connectivity index (χ0) is 17.6. The van der Waals surface area contributed by atoms with E-state index in [0.717, 1.165) is 41.9 Å². The molecule has 0 bridgehead atoms. The molecule has 25 heavy (non-hydrogen) atoms. The number of carbonyl (C=O) groups excluding carboxylic acids is 1. The molecule has 0 saturated heterocycles. The number of nitrogens with zero attached hydrogens (tertiary/aromatic N) is 5. The lowest BCUT2D eigenvalue weighted by Crippen LogP contribution is -2.40. The second kappa shape index (κ2) is 6.02. The summed E-state index contributed by atoms with van der Waals surface area (Å²) in [5.74, 6) is 1.71. The minimum atomic E-state index is -0.0381. The predicted octanol–water partition coefficient (Wildman–Crippen LogP) is 2.15. The summed E-state index contributed by atoms with van der Waals surface area (Å²) in [4.78, 5) is 21.1. The van der Waals surface area contributed by atoms with Crippen molar-refractivity contribution in [2.45, 2.75) is 38.1 Å². The van der Waals surface area contributed by atoms with Crippen LogP contribution in [0.3, 0.4) is 0 Å². The summed E-state index contributed by atoms with van der Waals surface area (Å²) in [6.07, 6.45) is 6.53. The van der Waals surface area contributed by atoms with Crippen molar-refractivity contribution >= 4 is 22.8 Å². The van der Waals surface area contributed by atoms with Gasteiger partial charge in [-0.1, -0.05) is 13.3 Å². The Morgan fingerprint density at radius 2 is 2.24 bits per heavy atom. The van der Waals surface area contributed by atoms with Crippen LogP contribution < -0.4 is 5.32 Å². The zero-order valence-electron chi connectivity index (χ0n) is 14.7. The molecule has 2 amide bonds. The van der Waals surface area contributed by atoms with Gasteiger partial charge in [-0.15, -0.1) is 10.2 Å². The minimum absolute atomic E-state index is 0.0381. The topological polar surface area (TPSA) is 91.2 Å². The zero-order valence-corrected chi connectivity index (χ0v) is 14.7. The highest BCUT2D eigenvalue weighted by Gasteiger charge is 2.38. The lowest BCUT2D eigenvalue weighted by molar-refractivity contribution is 0.213. The van der Waals surface area contributed by atoms with Crippen molar-refractivity contribution in [2.75, 3.05) is 14.1 Å². The number of urea groups is 1. The van der Waals surface area contributed by atoms with Crippen molar-refractivity contribution in [1.29, 1.82) is 0 Å². The maximum atomic E-state index is 12.0. The molecule has 3 heterocycles. The number of nitrogens with one attached hydrogen (secondary N) is 2. The van der Waals surface area contributed by atoms with E-state index in [0.29, 0.717) is 5.92 Å². The quantitative estimate of drug-likeness (QED) is 0.763. The smallest absolute Gasteiger partial charge is 0.317 e. The van der Waals surface area contributed by atoms with Gasteiger partial charge in [0.15, 0.2) is 11.3 Å². The fraction of sp³-hybridized carbons (Fsp3) is 0.529. The standard InChI is InChI=1S/C17H23N7O/c1-4-10-7-11(20-17(25)23(2)3)8-12(10)16-22-21-14-9-19-15-13(24(14)16)5-6-18-15/h5-6,9-12,18H,4,7-8H2,1-3H3,(H,20,25)/t10-,11+,12+/m1/s1. The third-order valence-corrected chi connectivity index (χ3v) is 5.25. The average Bonchev–Trinajstić information content (AvgIpc) is 3.30. The van der Waals surface area contributed by atoms with Gasteiger partial charge in [0.2, 0.25) is 0 Å². The Morgan fingerprint density at radius 3 is 3.00 bits per heavy atom. The van der Waals surface area contributed by atoms with Gasteiger partial charge in [-0.05, 0) is 24.8 Å². The maximum Gasteiger partial charge on any atom is 0.317 e. The number of H-pyrrole nitrogens is 1. The monoisotopic (exact) mass is 341 g/mol. The first-order chi connectivity index (χ1) is 12.1. The molecular formula is C17H23N7O. The molecule has 8 nitrogen and oxygen atoms in total. The number of carbonyl (C=O) groups is 1. The molecule has 0 spiro atoms. The van der Waals surface area contributed by atoms with Crippen LogP contribution >= 0.6 is 0 Å². The molecule has 0 aromatic carbocycles. The van der Waals surface area contributed by atoms with Gasteiger partial charge in [0.1, 0.15) is 5.82 Å². The molecular weight excluding hydrogens is 318 g/mol. The molecule has 2 N–H and O–H groups in total. The molecule has 3 atom stereocenters. The second-order valence-electron chi connectivity index (χ2n) is 7.01. The van der Waals surface area contributed by atoms with E-state index in [1.54, 1.807) is 25.2 Å². The first-order valence-electron chi connectivity index (χ1n) is 8.73. The van der Waals surface area contributed by atoms with E-state index in [1.807, 2.05) is 12.3 Å². The molecule has 0 aliphatic heterocycles. The molecule has 0 unspecified atom stereocenters. The molecule has 8 heteroatoms. The lowest BCUT2D eigenvalue weighted by atomic mass is 9.93. The first kappa shape index (κ1) is 15.9. The van der Waals surface area contributed by atoms with E-state index in [-0.39, 0.29) is 18.0 Å². The van der Waals surface area contributed by atoms with Gasteiger partial charge in [0.25, 0.3) is 0 Å². The first-order valence-corrected chi connectivity index (χ1v) is 8.73. The number of amides is 2. The molecule has 3 aromatic rings. The van der Waals surface area contributed by atoms with Crippen LogP contribution in [-0.4, -0.2) is 55.6 Å². The van der Waals surface area contributed by atoms with E-state index < -0.39 is 0 Å². The van der Waals surface area contributed by atoms with Gasteiger partial charge in [0, 0.05) is 32.3 Å². The predicted molar refractivity (Wildman–Crippen MR) is 94.4 cm³/mol. The number of aromatic nitrogens is 5. The van der Waals surface area contributed by atoms with Crippen LogP contribution in [0.5, 0.6) is 0 Å². The number of rotatable bonds is 3. The highest BCUT2D eigenvalue weighted by atomic mass is 16.2. The van der Waals surface area contributed by atoms with Gasteiger partial charge < -0.3 is 15.2 Å². The molecule has 132 valence electrons. The molecule has 3 aromatic heterocycles. The molecule has 1 fully saturated rings. The van der Waals surface area contributed by atoms with Crippen LogP contribution in [0, 0.1) is 5.92 Å².